The van der Waals surface area contributed by atoms with Crippen LogP contribution in [0.2, 0.25) is 0 Å². The van der Waals surface area contributed by atoms with Crippen molar-refractivity contribution < 1.29 is 5.11 Å². The van der Waals surface area contributed by atoms with Gasteiger partial charge in [0.05, 0.1) is 11.6 Å². The van der Waals surface area contributed by atoms with E-state index < -0.39 is 6.10 Å². The molecule has 1 aromatic heterocycles. The Hall–Kier alpha value is -1.42. The van der Waals surface area contributed by atoms with Crippen LogP contribution in [0.15, 0.2) is 49.2 Å². The zero-order chi connectivity index (χ0) is 15.1. The van der Waals surface area contributed by atoms with Crippen molar-refractivity contribution in [1.82, 2.24) is 9.88 Å². The number of halogens is 1. The average Bonchev–Trinajstić information content (AvgIpc) is 2.60. The topological polar surface area (TPSA) is 36.4 Å². The number of hydrogen-bond acceptors (Lipinski definition) is 3. The molecule has 0 aliphatic carbocycles. The molecule has 1 aromatic carbocycles. The Morgan fingerprint density at radius 3 is 2.87 bits per heavy atom. The minimum Gasteiger partial charge on any atom is -0.387 e. The van der Waals surface area contributed by atoms with Crippen LogP contribution in [0, 0.1) is 11.8 Å². The SMILES string of the molecule is C=C[C@@H]1CN2CC[C@@H]1CC2[C@@H](O)c1ccnc2ccccc12.Cl. The van der Waals surface area contributed by atoms with E-state index in [9.17, 15) is 5.11 Å². The number of para-hydroxylation sites is 1. The molecular weight excluding hydrogens is 308 g/mol. The van der Waals surface area contributed by atoms with Gasteiger partial charge in [-0.05, 0) is 48.9 Å². The van der Waals surface area contributed by atoms with E-state index in [0.717, 1.165) is 36.0 Å². The van der Waals surface area contributed by atoms with E-state index >= 15 is 0 Å². The van der Waals surface area contributed by atoms with Gasteiger partial charge in [0.15, 0.2) is 0 Å². The van der Waals surface area contributed by atoms with Crippen LogP contribution in [-0.4, -0.2) is 34.1 Å². The summed E-state index contributed by atoms with van der Waals surface area (Å²) in [6.07, 6.45) is 5.76. The first-order valence-electron chi connectivity index (χ1n) is 8.16. The molecule has 5 rings (SSSR count). The summed E-state index contributed by atoms with van der Waals surface area (Å²) < 4.78 is 0. The molecule has 3 aliphatic rings. The van der Waals surface area contributed by atoms with Crippen molar-refractivity contribution in [2.45, 2.75) is 25.0 Å². The van der Waals surface area contributed by atoms with Crippen LogP contribution in [0.5, 0.6) is 0 Å². The number of aliphatic hydroxyl groups excluding tert-OH is 1. The molecule has 0 radical (unpaired) electrons. The molecule has 3 nitrogen and oxygen atoms in total. The Morgan fingerprint density at radius 2 is 2.13 bits per heavy atom. The van der Waals surface area contributed by atoms with Gasteiger partial charge in [0.25, 0.3) is 0 Å². The molecule has 3 saturated heterocycles. The Kier molecular flexibility index (Phi) is 4.72. The first kappa shape index (κ1) is 16.4. The maximum Gasteiger partial charge on any atom is 0.0952 e. The van der Waals surface area contributed by atoms with Gasteiger partial charge in [0.2, 0.25) is 0 Å². The highest BCUT2D eigenvalue weighted by Gasteiger charge is 2.42. The van der Waals surface area contributed by atoms with E-state index in [1.165, 1.54) is 6.42 Å². The lowest BCUT2D eigenvalue weighted by molar-refractivity contribution is -0.0444. The summed E-state index contributed by atoms with van der Waals surface area (Å²) in [5.41, 5.74) is 1.97. The monoisotopic (exact) mass is 330 g/mol. The quantitative estimate of drug-likeness (QED) is 0.874. The Balaban J connectivity index is 0.00000156. The Labute approximate surface area is 143 Å². The molecule has 3 aliphatic heterocycles. The third-order valence-corrected chi connectivity index (χ3v) is 5.52. The molecule has 5 atom stereocenters. The first-order chi connectivity index (χ1) is 10.8. The van der Waals surface area contributed by atoms with E-state index in [0.29, 0.717) is 11.8 Å². The highest BCUT2D eigenvalue weighted by molar-refractivity contribution is 5.85. The van der Waals surface area contributed by atoms with Crippen LogP contribution in [0.3, 0.4) is 0 Å². The maximum absolute atomic E-state index is 11.0. The Morgan fingerprint density at radius 1 is 1.30 bits per heavy atom. The van der Waals surface area contributed by atoms with Gasteiger partial charge in [0.1, 0.15) is 0 Å². The summed E-state index contributed by atoms with van der Waals surface area (Å²) in [5.74, 6) is 1.27. The highest BCUT2D eigenvalue weighted by atomic mass is 35.5. The lowest BCUT2D eigenvalue weighted by Gasteiger charge is -2.50. The lowest BCUT2D eigenvalue weighted by atomic mass is 9.73. The van der Waals surface area contributed by atoms with E-state index in [-0.39, 0.29) is 18.4 Å². The molecule has 23 heavy (non-hydrogen) atoms. The van der Waals surface area contributed by atoms with Crippen LogP contribution in [0.25, 0.3) is 10.9 Å². The van der Waals surface area contributed by atoms with E-state index in [1.807, 2.05) is 30.5 Å². The second kappa shape index (κ2) is 6.60. The van der Waals surface area contributed by atoms with Crippen molar-refractivity contribution in [2.75, 3.05) is 13.1 Å². The van der Waals surface area contributed by atoms with Gasteiger partial charge in [0, 0.05) is 24.2 Å². The highest BCUT2D eigenvalue weighted by Crippen LogP contribution is 2.41. The summed E-state index contributed by atoms with van der Waals surface area (Å²) >= 11 is 0. The summed E-state index contributed by atoms with van der Waals surface area (Å²) in [4.78, 5) is 6.86. The molecule has 122 valence electrons. The number of benzene rings is 1. The number of aromatic nitrogens is 1. The van der Waals surface area contributed by atoms with Crippen molar-refractivity contribution in [2.24, 2.45) is 11.8 Å². The van der Waals surface area contributed by atoms with E-state index in [1.54, 1.807) is 0 Å². The second-order valence-electron chi connectivity index (χ2n) is 6.61. The van der Waals surface area contributed by atoms with E-state index in [4.69, 9.17) is 0 Å². The molecule has 2 bridgehead atoms. The van der Waals surface area contributed by atoms with Crippen LogP contribution in [0.1, 0.15) is 24.5 Å². The molecule has 4 heterocycles. The average molecular weight is 331 g/mol. The van der Waals surface area contributed by atoms with Crippen LogP contribution < -0.4 is 0 Å². The second-order valence-corrected chi connectivity index (χ2v) is 6.61. The number of nitrogens with zero attached hydrogens (tertiary/aromatic N) is 2. The van der Waals surface area contributed by atoms with Crippen molar-refractivity contribution in [3.63, 3.8) is 0 Å². The molecule has 0 amide bonds. The molecule has 2 unspecified atom stereocenters. The fraction of sp³-hybridized carbons (Fsp3) is 0.421. The fourth-order valence-corrected chi connectivity index (χ4v) is 4.29. The van der Waals surface area contributed by atoms with Gasteiger partial charge in [-0.3, -0.25) is 9.88 Å². The number of piperidine rings is 3. The standard InChI is InChI=1S/C19H22N2O.ClH/c1-2-13-12-21-10-8-14(13)11-18(21)19(22)16-7-9-20-17-6-4-3-5-15(16)17;/h2-7,9,13-14,18-19,22H,1,8,10-12H2;1H/t13-,14-,18?,19+;/m1./s1. The summed E-state index contributed by atoms with van der Waals surface area (Å²) in [6.45, 7) is 6.11. The van der Waals surface area contributed by atoms with Gasteiger partial charge in [-0.1, -0.05) is 24.3 Å². The maximum atomic E-state index is 11.0. The number of aliphatic hydroxyl groups is 1. The number of rotatable bonds is 3. The van der Waals surface area contributed by atoms with E-state index in [2.05, 4.69) is 28.6 Å². The molecule has 0 spiro atoms. The zero-order valence-corrected chi connectivity index (χ0v) is 14.0. The van der Waals surface area contributed by atoms with Crippen molar-refractivity contribution in [1.29, 1.82) is 0 Å². The van der Waals surface area contributed by atoms with Crippen LogP contribution >= 0.6 is 12.4 Å². The van der Waals surface area contributed by atoms with Gasteiger partial charge in [-0.25, -0.2) is 0 Å². The predicted molar refractivity (Wildman–Crippen MR) is 95.7 cm³/mol. The minimum absolute atomic E-state index is 0. The molecule has 1 N–H and O–H groups in total. The van der Waals surface area contributed by atoms with Gasteiger partial charge in [-0.2, -0.15) is 0 Å². The predicted octanol–water partition coefficient (Wildman–Crippen LogP) is 3.59. The smallest absolute Gasteiger partial charge is 0.0952 e. The number of fused-ring (bicyclic) bond motifs is 4. The zero-order valence-electron chi connectivity index (χ0n) is 13.1. The van der Waals surface area contributed by atoms with Crippen LogP contribution in [-0.2, 0) is 0 Å². The fourth-order valence-electron chi connectivity index (χ4n) is 4.29. The molecule has 2 aromatic rings. The lowest BCUT2D eigenvalue weighted by Crippen LogP contribution is -2.54. The van der Waals surface area contributed by atoms with Crippen molar-refractivity contribution >= 4 is 23.3 Å². The van der Waals surface area contributed by atoms with Crippen LogP contribution in [0.4, 0.5) is 0 Å². The molecule has 0 saturated carbocycles. The Bertz CT molecular complexity index is 699. The van der Waals surface area contributed by atoms with Gasteiger partial charge in [-0.15, -0.1) is 19.0 Å². The number of pyridine rings is 1. The normalized spacial score (nSPS) is 30.7. The largest absolute Gasteiger partial charge is 0.387 e. The first-order valence-corrected chi connectivity index (χ1v) is 8.16. The van der Waals surface area contributed by atoms with Crippen molar-refractivity contribution in [3.8, 4) is 0 Å². The number of hydrogen-bond donors (Lipinski definition) is 1. The third-order valence-electron chi connectivity index (χ3n) is 5.52. The van der Waals surface area contributed by atoms with Gasteiger partial charge >= 0.3 is 0 Å². The molecule has 4 heteroatoms. The molecule has 3 fully saturated rings. The van der Waals surface area contributed by atoms with Gasteiger partial charge < -0.3 is 5.11 Å². The summed E-state index contributed by atoms with van der Waals surface area (Å²) in [6, 6.07) is 10.3. The summed E-state index contributed by atoms with van der Waals surface area (Å²) in [7, 11) is 0. The third kappa shape index (κ3) is 2.78. The van der Waals surface area contributed by atoms with Crippen molar-refractivity contribution in [3.05, 3.63) is 54.7 Å². The molecular formula is C19H23ClN2O. The minimum atomic E-state index is -0.443. The summed E-state index contributed by atoms with van der Waals surface area (Å²) in [5, 5.41) is 12.1.